The average molecular weight is 767 g/mol. The lowest BCUT2D eigenvalue weighted by Gasteiger charge is -2.20. The largest absolute Gasteiger partial charge is 0.472 e. The highest BCUT2D eigenvalue weighted by molar-refractivity contribution is 7.47. The number of rotatable bonds is 36. The maximum atomic E-state index is 12.6. The number of aliphatic hydroxyl groups is 2. The Hall–Kier alpha value is -2.59. The second-order valence-electron chi connectivity index (χ2n) is 12.9. The van der Waals surface area contributed by atoms with Crippen LogP contribution in [-0.4, -0.2) is 65.7 Å². The fourth-order valence-electron chi connectivity index (χ4n) is 4.84. The molecule has 304 valence electrons. The molecule has 3 atom stereocenters. The first-order valence-electron chi connectivity index (χ1n) is 19.9. The van der Waals surface area contributed by atoms with Crippen molar-refractivity contribution < 1.29 is 47.8 Å². The average Bonchev–Trinajstić information content (AvgIpc) is 3.14. The molecule has 0 radical (unpaired) electrons. The summed E-state index contributed by atoms with van der Waals surface area (Å²) in [4.78, 5) is 34.9. The Bertz CT molecular complexity index is 1110. The van der Waals surface area contributed by atoms with Crippen LogP contribution in [-0.2, 0) is 32.7 Å². The van der Waals surface area contributed by atoms with Crippen molar-refractivity contribution in [3.63, 3.8) is 0 Å². The molecule has 0 aromatic heterocycles. The number of ether oxygens (including phenoxy) is 2. The monoisotopic (exact) mass is 766 g/mol. The Morgan fingerprint density at radius 2 is 0.981 bits per heavy atom. The zero-order valence-electron chi connectivity index (χ0n) is 32.7. The summed E-state index contributed by atoms with van der Waals surface area (Å²) in [5, 5.41) is 18.3. The molecule has 11 heteroatoms. The minimum absolute atomic E-state index is 0.157. The van der Waals surface area contributed by atoms with E-state index in [0.717, 1.165) is 103 Å². The summed E-state index contributed by atoms with van der Waals surface area (Å²) in [7, 11) is -4.63. The van der Waals surface area contributed by atoms with E-state index in [0.29, 0.717) is 12.8 Å². The molecule has 0 aliphatic rings. The number of unbranched alkanes of at least 4 members (excludes halogenated alkanes) is 10. The number of phosphoric acid groups is 1. The van der Waals surface area contributed by atoms with Crippen molar-refractivity contribution in [3.05, 3.63) is 72.9 Å². The van der Waals surface area contributed by atoms with Gasteiger partial charge in [0.05, 0.1) is 19.8 Å². The number of allylic oxidation sites excluding steroid dienone is 12. The van der Waals surface area contributed by atoms with E-state index in [9.17, 15) is 24.2 Å². The maximum absolute atomic E-state index is 12.6. The minimum Gasteiger partial charge on any atom is -0.462 e. The molecular weight excluding hydrogens is 695 g/mol. The molecule has 0 spiro atoms. The Morgan fingerprint density at radius 1 is 0.566 bits per heavy atom. The molecule has 0 aromatic rings. The van der Waals surface area contributed by atoms with Gasteiger partial charge < -0.3 is 24.6 Å². The topological polar surface area (TPSA) is 149 Å². The lowest BCUT2D eigenvalue weighted by Crippen LogP contribution is -2.29. The first-order chi connectivity index (χ1) is 25.7. The fraction of sp³-hybridized carbons (Fsp3) is 0.667. The lowest BCUT2D eigenvalue weighted by molar-refractivity contribution is -0.161. The molecule has 0 aliphatic heterocycles. The van der Waals surface area contributed by atoms with Gasteiger partial charge in [-0.05, 0) is 77.0 Å². The van der Waals surface area contributed by atoms with Crippen LogP contribution in [0.4, 0.5) is 0 Å². The molecule has 0 aromatic carbocycles. The number of hydrogen-bond acceptors (Lipinski definition) is 9. The Balaban J connectivity index is 4.42. The van der Waals surface area contributed by atoms with Gasteiger partial charge in [-0.2, -0.15) is 0 Å². The van der Waals surface area contributed by atoms with Crippen molar-refractivity contribution in [1.29, 1.82) is 0 Å². The van der Waals surface area contributed by atoms with E-state index in [2.05, 4.69) is 91.3 Å². The van der Waals surface area contributed by atoms with Crippen LogP contribution >= 0.6 is 7.82 Å². The summed E-state index contributed by atoms with van der Waals surface area (Å²) < 4.78 is 32.6. The third-order valence-electron chi connectivity index (χ3n) is 7.86. The molecule has 0 amide bonds. The van der Waals surface area contributed by atoms with Crippen LogP contribution < -0.4 is 0 Å². The van der Waals surface area contributed by atoms with Gasteiger partial charge in [0.2, 0.25) is 0 Å². The maximum Gasteiger partial charge on any atom is 0.472 e. The summed E-state index contributed by atoms with van der Waals surface area (Å²) in [6, 6.07) is 0. The molecule has 0 bridgehead atoms. The molecule has 53 heavy (non-hydrogen) atoms. The molecule has 3 N–H and O–H groups in total. The van der Waals surface area contributed by atoms with Crippen molar-refractivity contribution in [2.24, 2.45) is 0 Å². The van der Waals surface area contributed by atoms with Gasteiger partial charge in [0.1, 0.15) is 12.7 Å². The molecule has 1 unspecified atom stereocenters. The van der Waals surface area contributed by atoms with Gasteiger partial charge in [-0.1, -0.05) is 125 Å². The van der Waals surface area contributed by atoms with Crippen molar-refractivity contribution >= 4 is 19.8 Å². The van der Waals surface area contributed by atoms with E-state index < -0.39 is 51.8 Å². The zero-order valence-corrected chi connectivity index (χ0v) is 33.6. The third-order valence-corrected chi connectivity index (χ3v) is 8.81. The van der Waals surface area contributed by atoms with Crippen LogP contribution in [0.15, 0.2) is 72.9 Å². The predicted molar refractivity (Wildman–Crippen MR) is 214 cm³/mol. The molecule has 0 heterocycles. The standard InChI is InChI=1S/C42H71O10P/c1-3-5-7-9-11-13-15-17-19-21-23-25-27-29-31-33-41(45)49-37-40(38-51-53(47,48)50-36-39(44)35-43)52-42(46)34-32-30-28-26-24-22-20-18-16-14-12-10-8-6-4-2/h5-8,11-14,17-20,39-40,43-44H,3-4,9-10,15-16,21-38H2,1-2H3,(H,47,48)/b7-5+,8-6+,13-11+,14-12+,19-17+,20-18+/t39-,40+/m0/s1. The van der Waals surface area contributed by atoms with E-state index in [4.69, 9.17) is 19.1 Å². The second-order valence-corrected chi connectivity index (χ2v) is 14.3. The van der Waals surface area contributed by atoms with E-state index in [-0.39, 0.29) is 19.4 Å². The second kappa shape index (κ2) is 37.7. The number of phosphoric ester groups is 1. The van der Waals surface area contributed by atoms with Crippen molar-refractivity contribution in [1.82, 2.24) is 0 Å². The van der Waals surface area contributed by atoms with E-state index in [1.807, 2.05) is 0 Å². The van der Waals surface area contributed by atoms with Gasteiger partial charge in [0.25, 0.3) is 0 Å². The molecule has 0 aliphatic carbocycles. The summed E-state index contributed by atoms with van der Waals surface area (Å²) in [5.41, 5.74) is 0. The van der Waals surface area contributed by atoms with Crippen molar-refractivity contribution in [2.45, 2.75) is 154 Å². The van der Waals surface area contributed by atoms with E-state index in [1.165, 1.54) is 0 Å². The highest BCUT2D eigenvalue weighted by Crippen LogP contribution is 2.43. The summed E-state index contributed by atoms with van der Waals surface area (Å²) >= 11 is 0. The van der Waals surface area contributed by atoms with Crippen LogP contribution in [0.25, 0.3) is 0 Å². The number of esters is 2. The van der Waals surface area contributed by atoms with Crippen LogP contribution in [0.5, 0.6) is 0 Å². The van der Waals surface area contributed by atoms with E-state index >= 15 is 0 Å². The van der Waals surface area contributed by atoms with Crippen molar-refractivity contribution in [2.75, 3.05) is 26.4 Å². The smallest absolute Gasteiger partial charge is 0.462 e. The number of aliphatic hydroxyl groups excluding tert-OH is 2. The van der Waals surface area contributed by atoms with Crippen LogP contribution in [0, 0.1) is 0 Å². The number of carbonyl (C=O) groups is 2. The van der Waals surface area contributed by atoms with Gasteiger partial charge in [0.15, 0.2) is 6.10 Å². The quantitative estimate of drug-likeness (QED) is 0.0243. The summed E-state index contributed by atoms with van der Waals surface area (Å²) in [6.45, 7) is 2.09. The Kier molecular flexibility index (Phi) is 35.9. The predicted octanol–water partition coefficient (Wildman–Crippen LogP) is 10.1. The first kappa shape index (κ1) is 50.4. The molecule has 0 fully saturated rings. The van der Waals surface area contributed by atoms with Crippen LogP contribution in [0.1, 0.15) is 142 Å². The SMILES string of the molecule is CC/C=C/C/C=C/C/C=C/CCCCCCCC(=O)OC[C@H](COP(=O)(O)OC[C@@H](O)CO)OC(=O)CCCCCCC/C=C/C/C=C/C/C=C/CC. The summed E-state index contributed by atoms with van der Waals surface area (Å²) in [6.07, 6.45) is 41.5. The van der Waals surface area contributed by atoms with E-state index in [1.54, 1.807) is 0 Å². The molecular formula is C42H71O10P. The first-order valence-corrected chi connectivity index (χ1v) is 21.4. The number of hydrogen-bond donors (Lipinski definition) is 3. The van der Waals surface area contributed by atoms with Gasteiger partial charge in [-0.3, -0.25) is 18.6 Å². The highest BCUT2D eigenvalue weighted by Gasteiger charge is 2.27. The van der Waals surface area contributed by atoms with Crippen LogP contribution in [0.3, 0.4) is 0 Å². The zero-order chi connectivity index (χ0) is 39.1. The third kappa shape index (κ3) is 37.5. The minimum atomic E-state index is -4.63. The normalized spacial score (nSPS) is 14.7. The lowest BCUT2D eigenvalue weighted by atomic mass is 10.1. The number of carbonyl (C=O) groups excluding carboxylic acids is 2. The van der Waals surface area contributed by atoms with Gasteiger partial charge in [0, 0.05) is 12.8 Å². The van der Waals surface area contributed by atoms with Gasteiger partial charge in [-0.25, -0.2) is 4.57 Å². The fourth-order valence-corrected chi connectivity index (χ4v) is 5.63. The molecule has 0 saturated heterocycles. The molecule has 0 saturated carbocycles. The Labute approximate surface area is 320 Å². The Morgan fingerprint density at radius 3 is 1.47 bits per heavy atom. The van der Waals surface area contributed by atoms with Crippen LogP contribution in [0.2, 0.25) is 0 Å². The van der Waals surface area contributed by atoms with Gasteiger partial charge >= 0.3 is 19.8 Å². The molecule has 10 nitrogen and oxygen atoms in total. The van der Waals surface area contributed by atoms with Crippen molar-refractivity contribution in [3.8, 4) is 0 Å². The summed E-state index contributed by atoms with van der Waals surface area (Å²) in [5.74, 6) is -0.973. The van der Waals surface area contributed by atoms with Gasteiger partial charge in [-0.15, -0.1) is 0 Å². The molecule has 0 rings (SSSR count). The highest BCUT2D eigenvalue weighted by atomic mass is 31.2.